The van der Waals surface area contributed by atoms with Crippen molar-refractivity contribution in [3.63, 3.8) is 0 Å². The first kappa shape index (κ1) is 30.7. The minimum Gasteiger partial charge on any atom is -0.478 e. The van der Waals surface area contributed by atoms with Crippen molar-refractivity contribution in [3.05, 3.63) is 54.2 Å². The Kier molecular flexibility index (Phi) is 7.18. The summed E-state index contributed by atoms with van der Waals surface area (Å²) in [5.41, 5.74) is 3.37. The van der Waals surface area contributed by atoms with Crippen molar-refractivity contribution in [3.8, 4) is 0 Å². The molecule has 234 valence electrons. The second-order valence-electron chi connectivity index (χ2n) is 16.9. The van der Waals surface area contributed by atoms with Gasteiger partial charge in [-0.1, -0.05) is 73.3 Å². The lowest BCUT2D eigenvalue weighted by atomic mass is 9.32. The molecule has 0 radical (unpaired) electrons. The number of nitrogens with one attached hydrogen (secondary N) is 1. The van der Waals surface area contributed by atoms with Crippen LogP contribution in [-0.2, 0) is 4.79 Å². The molecule has 1 amide bonds. The molecule has 5 aliphatic rings. The molecule has 0 spiro atoms. The highest BCUT2D eigenvalue weighted by Crippen LogP contribution is 2.77. The van der Waals surface area contributed by atoms with E-state index in [2.05, 4.69) is 66.4 Å². The van der Waals surface area contributed by atoms with E-state index in [4.69, 9.17) is 0 Å². The Bertz CT molecular complexity index is 1340. The number of benzene rings is 1. The third-order valence-corrected chi connectivity index (χ3v) is 15.0. The van der Waals surface area contributed by atoms with Crippen molar-refractivity contribution in [2.75, 3.05) is 0 Å². The highest BCUT2D eigenvalue weighted by atomic mass is 16.4. The fraction of sp³-hybridized carbons (Fsp3) is 0.692. The topological polar surface area (TPSA) is 66.4 Å². The van der Waals surface area contributed by atoms with Gasteiger partial charge in [-0.05, 0) is 144 Å². The highest BCUT2D eigenvalue weighted by Gasteiger charge is 2.71. The second kappa shape index (κ2) is 10.1. The lowest BCUT2D eigenvalue weighted by molar-refractivity contribution is -0.227. The fourth-order valence-electron chi connectivity index (χ4n) is 12.9. The van der Waals surface area contributed by atoms with E-state index in [0.717, 1.165) is 25.7 Å². The van der Waals surface area contributed by atoms with Gasteiger partial charge in [0.1, 0.15) is 0 Å². The Hall–Kier alpha value is -2.36. The third-order valence-electron chi connectivity index (χ3n) is 15.0. The SMILES string of the molecule is C=CNC(=O)[C@]12CC[C@@H](C(C)C)[C@@H]1[C@H]1CC[C@@H]3[C@@]4(C)CC=C(c5ccc(C(=O)O)cc5)C(C)(C)[C@@H]4CC[C@@]3(C)[C@]1(C)CC2. The standard InChI is InChI=1S/C39H55NO3/c1-9-40-34(43)39-21-16-27(24(2)3)32(39)29-14-15-31-36(6)19-17-28(25-10-12-26(13-11-25)33(41)42)35(4,5)30(36)18-20-38(31,8)37(29,7)22-23-39/h9-13,17,24,27,29-32H,1,14-16,18-23H2,2-8H3,(H,40,43)(H,41,42)/t27-,29+,30-,31+,32+,36-,37+,38+,39-/m0/s1. The molecule has 9 atom stereocenters. The molecule has 1 aromatic rings. The number of allylic oxidation sites excluding steroid dienone is 2. The molecular weight excluding hydrogens is 530 g/mol. The second-order valence-corrected chi connectivity index (χ2v) is 16.9. The molecule has 0 saturated heterocycles. The van der Waals surface area contributed by atoms with E-state index in [1.165, 1.54) is 43.2 Å². The minimum atomic E-state index is -0.870. The average molecular weight is 586 g/mol. The van der Waals surface area contributed by atoms with Gasteiger partial charge < -0.3 is 10.4 Å². The van der Waals surface area contributed by atoms with Crippen molar-refractivity contribution in [2.24, 2.45) is 62.6 Å². The first-order valence-corrected chi connectivity index (χ1v) is 17.1. The molecule has 0 bridgehead atoms. The summed E-state index contributed by atoms with van der Waals surface area (Å²) in [6.07, 6.45) is 14.6. The predicted octanol–water partition coefficient (Wildman–Crippen LogP) is 9.38. The van der Waals surface area contributed by atoms with E-state index in [0.29, 0.717) is 41.1 Å². The molecular formula is C39H55NO3. The zero-order chi connectivity index (χ0) is 31.2. The smallest absolute Gasteiger partial charge is 0.335 e. The van der Waals surface area contributed by atoms with Gasteiger partial charge in [0, 0.05) is 0 Å². The first-order chi connectivity index (χ1) is 20.2. The molecule has 4 heteroatoms. The summed E-state index contributed by atoms with van der Waals surface area (Å²) >= 11 is 0. The van der Waals surface area contributed by atoms with Crippen LogP contribution >= 0.6 is 0 Å². The van der Waals surface area contributed by atoms with Crippen LogP contribution in [0.25, 0.3) is 5.57 Å². The maximum atomic E-state index is 13.8. The van der Waals surface area contributed by atoms with Crippen LogP contribution in [0.2, 0.25) is 0 Å². The Morgan fingerprint density at radius 1 is 0.907 bits per heavy atom. The van der Waals surface area contributed by atoms with Crippen LogP contribution in [-0.4, -0.2) is 17.0 Å². The van der Waals surface area contributed by atoms with Crippen molar-refractivity contribution in [1.82, 2.24) is 5.32 Å². The van der Waals surface area contributed by atoms with E-state index in [1.807, 2.05) is 12.1 Å². The number of rotatable bonds is 5. The van der Waals surface area contributed by atoms with Gasteiger partial charge in [-0.2, -0.15) is 0 Å². The fourth-order valence-corrected chi connectivity index (χ4v) is 12.9. The highest BCUT2D eigenvalue weighted by molar-refractivity contribution is 5.88. The van der Waals surface area contributed by atoms with Crippen molar-refractivity contribution < 1.29 is 14.7 Å². The summed E-state index contributed by atoms with van der Waals surface area (Å²) in [7, 11) is 0. The molecule has 2 N–H and O–H groups in total. The zero-order valence-electron chi connectivity index (χ0n) is 27.8. The number of carboxylic acid groups (broad SMARTS) is 1. The van der Waals surface area contributed by atoms with Crippen LogP contribution in [0.15, 0.2) is 43.1 Å². The summed E-state index contributed by atoms with van der Waals surface area (Å²) in [6, 6.07) is 7.55. The van der Waals surface area contributed by atoms with Crippen molar-refractivity contribution in [1.29, 1.82) is 0 Å². The van der Waals surface area contributed by atoms with Crippen LogP contribution in [0, 0.1) is 62.6 Å². The molecule has 6 rings (SSSR count). The lowest BCUT2D eigenvalue weighted by Crippen LogP contribution is -2.66. The number of carboxylic acids is 1. The third kappa shape index (κ3) is 4.06. The van der Waals surface area contributed by atoms with Crippen LogP contribution in [0.5, 0.6) is 0 Å². The van der Waals surface area contributed by atoms with Crippen LogP contribution in [0.4, 0.5) is 0 Å². The summed E-state index contributed by atoms with van der Waals surface area (Å²) in [6.45, 7) is 21.5. The molecule has 0 unspecified atom stereocenters. The predicted molar refractivity (Wildman–Crippen MR) is 174 cm³/mol. The van der Waals surface area contributed by atoms with Gasteiger partial charge in [0.2, 0.25) is 5.91 Å². The number of hydrogen-bond donors (Lipinski definition) is 2. The van der Waals surface area contributed by atoms with E-state index in [9.17, 15) is 14.7 Å². The van der Waals surface area contributed by atoms with Crippen LogP contribution in [0.3, 0.4) is 0 Å². The Morgan fingerprint density at radius 2 is 1.60 bits per heavy atom. The van der Waals surface area contributed by atoms with Gasteiger partial charge in [0.15, 0.2) is 0 Å². The van der Waals surface area contributed by atoms with E-state index in [1.54, 1.807) is 18.3 Å². The van der Waals surface area contributed by atoms with Crippen LogP contribution < -0.4 is 5.32 Å². The first-order valence-electron chi connectivity index (χ1n) is 17.1. The minimum absolute atomic E-state index is 0.00943. The maximum Gasteiger partial charge on any atom is 0.335 e. The summed E-state index contributed by atoms with van der Waals surface area (Å²) in [4.78, 5) is 25.3. The molecule has 4 saturated carbocycles. The molecule has 0 aromatic heterocycles. The Balaban J connectivity index is 1.36. The number of amides is 1. The largest absolute Gasteiger partial charge is 0.478 e. The van der Waals surface area contributed by atoms with Gasteiger partial charge in [-0.3, -0.25) is 4.79 Å². The van der Waals surface area contributed by atoms with Crippen molar-refractivity contribution >= 4 is 17.4 Å². The number of carbonyl (C=O) groups is 2. The average Bonchev–Trinajstić information content (AvgIpc) is 3.35. The summed E-state index contributed by atoms with van der Waals surface area (Å²) in [5.74, 6) is 2.85. The van der Waals surface area contributed by atoms with Gasteiger partial charge in [0.25, 0.3) is 0 Å². The van der Waals surface area contributed by atoms with Gasteiger partial charge in [-0.25, -0.2) is 4.79 Å². The molecule has 5 aliphatic carbocycles. The van der Waals surface area contributed by atoms with Crippen LogP contribution in [0.1, 0.15) is 122 Å². The molecule has 4 nitrogen and oxygen atoms in total. The molecule has 43 heavy (non-hydrogen) atoms. The quantitative estimate of drug-likeness (QED) is 0.362. The van der Waals surface area contributed by atoms with Gasteiger partial charge in [-0.15, -0.1) is 0 Å². The molecule has 0 aliphatic heterocycles. The molecule has 1 aromatic carbocycles. The summed E-state index contributed by atoms with van der Waals surface area (Å²) in [5, 5.41) is 12.5. The number of hydrogen-bond acceptors (Lipinski definition) is 2. The maximum absolute atomic E-state index is 13.8. The molecule has 4 fully saturated rings. The van der Waals surface area contributed by atoms with Gasteiger partial charge in [0.05, 0.1) is 11.0 Å². The Morgan fingerprint density at radius 3 is 2.23 bits per heavy atom. The van der Waals surface area contributed by atoms with E-state index in [-0.39, 0.29) is 33.0 Å². The Labute approximate surface area is 260 Å². The van der Waals surface area contributed by atoms with Crippen molar-refractivity contribution in [2.45, 2.75) is 106 Å². The van der Waals surface area contributed by atoms with E-state index >= 15 is 0 Å². The molecule has 0 heterocycles. The van der Waals surface area contributed by atoms with Gasteiger partial charge >= 0.3 is 5.97 Å². The number of aromatic carboxylic acids is 1. The number of carbonyl (C=O) groups excluding carboxylic acids is 1. The lowest BCUT2D eigenvalue weighted by Gasteiger charge is -2.72. The monoisotopic (exact) mass is 585 g/mol. The number of fused-ring (bicyclic) bond motifs is 7. The van der Waals surface area contributed by atoms with E-state index < -0.39 is 5.97 Å². The normalized spacial score (nSPS) is 43.0. The summed E-state index contributed by atoms with van der Waals surface area (Å²) < 4.78 is 0. The zero-order valence-corrected chi connectivity index (χ0v) is 27.8.